The van der Waals surface area contributed by atoms with Gasteiger partial charge in [0.05, 0.1) is 0 Å². The molecule has 6 bridgehead atoms. The van der Waals surface area contributed by atoms with Gasteiger partial charge in [-0.3, -0.25) is 0 Å². The van der Waals surface area contributed by atoms with E-state index in [9.17, 15) is 0 Å². The molecule has 2 aliphatic rings. The molecular formula is C84H80HgN6O4. The fourth-order valence-corrected chi connectivity index (χ4v) is 19.0. The van der Waals surface area contributed by atoms with Crippen LogP contribution in [0, 0.1) is 0 Å². The van der Waals surface area contributed by atoms with Crippen LogP contribution < -0.4 is 14.8 Å². The monoisotopic (exact) mass is 1440 g/mol. The molecule has 472 valence electrons. The van der Waals surface area contributed by atoms with E-state index in [-0.39, 0.29) is 34.9 Å². The van der Waals surface area contributed by atoms with Crippen molar-refractivity contribution in [2.45, 2.75) is 157 Å². The van der Waals surface area contributed by atoms with Gasteiger partial charge in [0, 0.05) is 0 Å². The second-order valence-electron chi connectivity index (χ2n) is 31.2. The molecule has 2 aliphatic heterocycles. The normalized spacial score (nSPS) is 13.6. The third-order valence-electron chi connectivity index (χ3n) is 20.2. The van der Waals surface area contributed by atoms with E-state index in [0.717, 1.165) is 78.9 Å². The van der Waals surface area contributed by atoms with Crippen LogP contribution in [0.2, 0.25) is 0 Å². The van der Waals surface area contributed by atoms with Crippen LogP contribution in [-0.4, -0.2) is 30.0 Å². The quantitative estimate of drug-likeness (QED) is 0.0986. The van der Waals surface area contributed by atoms with Gasteiger partial charge in [-0.05, 0) is 75.8 Å². The Bertz CT molecular complexity index is 4900. The standard InChI is InChI=1S/C84H82N6O4.Hg/c1-81(2,3)65-35-57-31-61-39-67(83(7,8)9)41-63(79(61)93-47-69-45-89(87-85-69)43-55-25-23-53-21-19-49-15-13-17-51-27-29-71(55)75(53)73(49)51)33-59-37-66(82(4,5)6)38-60(78(59)92)34-64-42-68(84(10,11)12)40-62(32-58(36-65)77(57)91)80(64)94-48-70-46-90(88-86-70)44-56-26-24-54-22-20-50-16-14-18-52-28-30-72(56)76(54)74(50)52;/h13-30,35-42,45-46,91-92H,31-34,43-44,47-48H2,1-12H3;/q;+2/p-2. The minimum atomic E-state index is -2.71. The average Bonchev–Trinajstić information content (AvgIpc) is 0.849. The zero-order chi connectivity index (χ0) is 65.4. The molecule has 11 heteroatoms. The number of benzene rings is 12. The third-order valence-corrected chi connectivity index (χ3v) is 23.3. The van der Waals surface area contributed by atoms with Gasteiger partial charge in [0.25, 0.3) is 0 Å². The van der Waals surface area contributed by atoms with Gasteiger partial charge in [0.1, 0.15) is 0 Å². The van der Waals surface area contributed by atoms with Gasteiger partial charge in [0.15, 0.2) is 0 Å². The summed E-state index contributed by atoms with van der Waals surface area (Å²) in [4.78, 5) is 0. The van der Waals surface area contributed by atoms with Gasteiger partial charge in [0.2, 0.25) is 0 Å². The fraction of sp³-hybridized carbons (Fsp3) is 0.286. The van der Waals surface area contributed by atoms with Crippen LogP contribution in [0.5, 0.6) is 23.0 Å². The SMILES string of the molecule is CC(C)(C)c1cc2c(OCc3cn(Cc4ccc5ccc6cccc7ccc4c5c67)nn3)c(c1)Cc1cc(C(C)(C)C)cc3c1[O][Hg][O]c1c(cc(C(C)(C)C)cc1Cc1cc(C(C)(C)C)cc(c1OCc1cn(Cc4ccc5ccc6cccc7ccc4c5c67)nn1)C3)C2. The molecule has 0 fully saturated rings. The van der Waals surface area contributed by atoms with Crippen LogP contribution in [0.25, 0.3) is 64.6 Å². The molecule has 95 heavy (non-hydrogen) atoms. The van der Waals surface area contributed by atoms with E-state index in [4.69, 9.17) is 35.4 Å². The summed E-state index contributed by atoms with van der Waals surface area (Å²) in [5.74, 6) is 3.54. The van der Waals surface area contributed by atoms with Crippen molar-refractivity contribution in [3.8, 4) is 23.0 Å². The molecule has 14 aromatic rings. The summed E-state index contributed by atoms with van der Waals surface area (Å²) < 4.78 is 33.6. The maximum absolute atomic E-state index is 7.47. The molecule has 0 saturated carbocycles. The van der Waals surface area contributed by atoms with Crippen molar-refractivity contribution in [3.63, 3.8) is 0 Å². The maximum atomic E-state index is 7.47. The van der Waals surface area contributed by atoms with Crippen molar-refractivity contribution in [1.29, 1.82) is 0 Å². The number of rotatable bonds is 10. The Morgan fingerprint density at radius 3 is 0.989 bits per heavy atom. The van der Waals surface area contributed by atoms with Crippen molar-refractivity contribution in [2.75, 3.05) is 0 Å². The van der Waals surface area contributed by atoms with Crippen molar-refractivity contribution in [1.82, 2.24) is 30.0 Å². The number of hydrogen-bond donors (Lipinski definition) is 0. The number of aromatic nitrogens is 6. The zero-order valence-electron chi connectivity index (χ0n) is 56.8. The van der Waals surface area contributed by atoms with E-state index in [1.165, 1.54) is 98.0 Å². The first-order valence-corrected chi connectivity index (χ1v) is 38.2. The van der Waals surface area contributed by atoms with Crippen molar-refractivity contribution < 1.29 is 40.2 Å². The van der Waals surface area contributed by atoms with Crippen LogP contribution in [0.3, 0.4) is 0 Å². The Morgan fingerprint density at radius 1 is 0.368 bits per heavy atom. The Balaban J connectivity index is 0.802. The molecule has 2 aromatic heterocycles. The van der Waals surface area contributed by atoms with E-state index in [1.54, 1.807) is 0 Å². The van der Waals surface area contributed by atoms with Gasteiger partial charge >= 0.3 is 389 Å². The predicted molar refractivity (Wildman–Crippen MR) is 380 cm³/mol. The molecule has 10 nitrogen and oxygen atoms in total. The minimum absolute atomic E-state index is 0.177. The van der Waals surface area contributed by atoms with Gasteiger partial charge in [-0.25, -0.2) is 0 Å². The van der Waals surface area contributed by atoms with Gasteiger partial charge in [-0.1, -0.05) is 109 Å². The topological polar surface area (TPSA) is 98.3 Å². The number of hydrogen-bond acceptors (Lipinski definition) is 8. The second-order valence-corrected chi connectivity index (χ2v) is 34.3. The van der Waals surface area contributed by atoms with Gasteiger partial charge in [-0.2, -0.15) is 0 Å². The molecule has 0 radical (unpaired) electrons. The summed E-state index contributed by atoms with van der Waals surface area (Å²) in [6.07, 6.45) is 6.42. The van der Waals surface area contributed by atoms with E-state index in [2.05, 4.69) is 253 Å². The predicted octanol–water partition coefficient (Wildman–Crippen LogP) is 19.5. The van der Waals surface area contributed by atoms with Crippen molar-refractivity contribution in [3.05, 3.63) is 259 Å². The van der Waals surface area contributed by atoms with E-state index in [0.29, 0.717) is 38.8 Å². The van der Waals surface area contributed by atoms with Crippen LogP contribution in [-0.2, 0) is 99.1 Å². The molecule has 12 aromatic carbocycles. The number of ether oxygens (including phenoxy) is 2. The average molecular weight is 1440 g/mol. The first kappa shape index (κ1) is 61.0. The van der Waals surface area contributed by atoms with E-state index in [1.807, 2.05) is 9.36 Å². The molecule has 16 rings (SSSR count). The summed E-state index contributed by atoms with van der Waals surface area (Å²) in [6, 6.07) is 59.3. The Kier molecular flexibility index (Phi) is 14.7. The summed E-state index contributed by atoms with van der Waals surface area (Å²) in [5.41, 5.74) is 17.1. The fourth-order valence-electron chi connectivity index (χ4n) is 15.0. The molecule has 4 heterocycles. The molecule has 0 spiro atoms. The van der Waals surface area contributed by atoms with Crippen molar-refractivity contribution in [2.24, 2.45) is 0 Å². The first-order valence-electron chi connectivity index (χ1n) is 33.8. The van der Waals surface area contributed by atoms with Crippen molar-refractivity contribution >= 4 is 64.6 Å². The Morgan fingerprint density at radius 2 is 0.663 bits per heavy atom. The Labute approximate surface area is 570 Å². The van der Waals surface area contributed by atoms with E-state index < -0.39 is 25.5 Å². The molecular weight excluding hydrogens is 1360 g/mol. The van der Waals surface area contributed by atoms with Crippen LogP contribution in [0.15, 0.2) is 170 Å². The van der Waals surface area contributed by atoms with E-state index >= 15 is 0 Å². The van der Waals surface area contributed by atoms with Gasteiger partial charge in [-0.15, -0.1) is 0 Å². The van der Waals surface area contributed by atoms with Gasteiger partial charge < -0.3 is 0 Å². The summed E-state index contributed by atoms with van der Waals surface area (Å²) in [6.45, 7) is 29.4. The second kappa shape index (κ2) is 22.9. The Hall–Kier alpha value is -8.86. The first-order chi connectivity index (χ1) is 45.5. The van der Waals surface area contributed by atoms with Crippen LogP contribution >= 0.6 is 0 Å². The molecule has 0 amide bonds. The summed E-state index contributed by atoms with van der Waals surface area (Å²) >= 11 is -2.71. The molecule has 0 aliphatic carbocycles. The van der Waals surface area contributed by atoms with Crippen LogP contribution in [0.1, 0.15) is 172 Å². The number of fused-ring (bicyclic) bond motifs is 6. The summed E-state index contributed by atoms with van der Waals surface area (Å²) in [7, 11) is 0. The van der Waals surface area contributed by atoms with Crippen LogP contribution in [0.4, 0.5) is 0 Å². The third kappa shape index (κ3) is 11.4. The molecule has 0 saturated heterocycles. The molecule has 0 atom stereocenters. The zero-order valence-corrected chi connectivity index (χ0v) is 62.3. The number of nitrogens with zero attached hydrogens (tertiary/aromatic N) is 6. The molecule has 0 unspecified atom stereocenters. The molecule has 0 N–H and O–H groups in total. The summed E-state index contributed by atoms with van der Waals surface area (Å²) in [5, 5.41) is 34.3.